The van der Waals surface area contributed by atoms with Gasteiger partial charge in [-0.3, -0.25) is 4.55 Å². The lowest BCUT2D eigenvalue weighted by molar-refractivity contribution is -0.334. The Morgan fingerprint density at radius 1 is 0.590 bits per heavy atom. The molecule has 0 amide bonds. The first-order chi connectivity index (χ1) is 29.8. The number of carbonyl (C=O) groups excluding carboxylic acids is 1. The first-order valence-electron chi connectivity index (χ1n) is 20.1. The van der Waals surface area contributed by atoms with E-state index in [2.05, 4.69) is 0 Å². The molecule has 9 atom stereocenters. The van der Waals surface area contributed by atoms with Gasteiger partial charge < -0.3 is 42.7 Å². The van der Waals surface area contributed by atoms with Crippen molar-refractivity contribution in [3.63, 3.8) is 0 Å². The topological polar surface area (TPSA) is 155 Å². The van der Waals surface area contributed by atoms with Crippen LogP contribution in [0.3, 0.4) is 0 Å². The number of benzene rings is 5. The molecule has 2 fully saturated rings. The summed E-state index contributed by atoms with van der Waals surface area (Å²) in [5.41, 5.74) is 4.20. The first-order valence-corrected chi connectivity index (χ1v) is 21.5. The zero-order valence-electron chi connectivity index (χ0n) is 33.4. The molecule has 0 aliphatic carbocycles. The molecule has 14 heteroatoms. The van der Waals surface area contributed by atoms with Crippen LogP contribution in [0.25, 0.3) is 0 Å². The summed E-state index contributed by atoms with van der Waals surface area (Å²) in [4.78, 5) is 12.8. The minimum Gasteiger partial charge on any atom is -0.374 e. The highest BCUT2D eigenvalue weighted by molar-refractivity contribution is 7.80. The zero-order chi connectivity index (χ0) is 42.3. The number of hydrogen-bond donors (Lipinski definition) is 1. The third kappa shape index (κ3) is 13.2. The van der Waals surface area contributed by atoms with Gasteiger partial charge in [0.2, 0.25) is 0 Å². The summed E-state index contributed by atoms with van der Waals surface area (Å²) in [7, 11) is -5.08. The standard InChI is InChI=1S/C47H50O13S/c48-26-39(53-28-35-18-8-2-9-19-35)42-43(40(33-57-42)54-29-36-20-10-3-11-21-36)59-47-46(56-31-38-24-14-5-15-25-38)45(55-30-37-22-12-4-13-23-37)44(60-61(49,50)51)41(58-47)32-52-27-34-16-6-1-7-17-34/h1-26,39-47H,27-33H2,(H,49,50,51)/t39-,40+,41+,42+,43-,44-,45-,46+,47-/m0/s1. The lowest BCUT2D eigenvalue weighted by Gasteiger charge is -2.46. The molecule has 0 bridgehead atoms. The fraction of sp³-hybridized carbons (Fsp3) is 0.340. The van der Waals surface area contributed by atoms with E-state index in [9.17, 15) is 17.8 Å². The quantitative estimate of drug-likeness (QED) is 0.0601. The van der Waals surface area contributed by atoms with Crippen LogP contribution in [0.4, 0.5) is 0 Å². The van der Waals surface area contributed by atoms with Crippen LogP contribution in [-0.4, -0.2) is 87.6 Å². The van der Waals surface area contributed by atoms with Gasteiger partial charge in [0.05, 0.1) is 46.2 Å². The van der Waals surface area contributed by atoms with Crippen molar-refractivity contribution >= 4 is 16.7 Å². The zero-order valence-corrected chi connectivity index (χ0v) is 34.2. The Kier molecular flexibility index (Phi) is 16.3. The Morgan fingerprint density at radius 3 is 1.54 bits per heavy atom. The summed E-state index contributed by atoms with van der Waals surface area (Å²) in [6.45, 7) is 0.369. The van der Waals surface area contributed by atoms with E-state index in [1.54, 1.807) is 0 Å². The monoisotopic (exact) mass is 854 g/mol. The molecule has 2 aliphatic rings. The van der Waals surface area contributed by atoms with Crippen molar-refractivity contribution in [2.45, 2.75) is 88.2 Å². The molecule has 0 spiro atoms. The lowest BCUT2D eigenvalue weighted by Crippen LogP contribution is -2.63. The third-order valence-electron chi connectivity index (χ3n) is 10.3. The Morgan fingerprint density at radius 2 is 1.05 bits per heavy atom. The van der Waals surface area contributed by atoms with Crippen molar-refractivity contribution in [1.29, 1.82) is 0 Å². The van der Waals surface area contributed by atoms with Crippen molar-refractivity contribution in [2.24, 2.45) is 0 Å². The summed E-state index contributed by atoms with van der Waals surface area (Å²) in [6, 6.07) is 47.1. The highest BCUT2D eigenvalue weighted by Crippen LogP contribution is 2.35. The molecule has 0 radical (unpaired) electrons. The number of ether oxygens (including phenoxy) is 8. The fourth-order valence-electron chi connectivity index (χ4n) is 7.25. The molecule has 0 aromatic heterocycles. The van der Waals surface area contributed by atoms with Crippen LogP contribution in [0.15, 0.2) is 152 Å². The van der Waals surface area contributed by atoms with E-state index in [0.29, 0.717) is 6.29 Å². The van der Waals surface area contributed by atoms with Crippen molar-refractivity contribution in [3.05, 3.63) is 179 Å². The summed E-state index contributed by atoms with van der Waals surface area (Å²) in [5, 5.41) is 0. The average molecular weight is 855 g/mol. The summed E-state index contributed by atoms with van der Waals surface area (Å²) < 4.78 is 92.4. The van der Waals surface area contributed by atoms with Gasteiger partial charge in [0.15, 0.2) is 12.6 Å². The molecule has 1 N–H and O–H groups in total. The van der Waals surface area contributed by atoms with Crippen LogP contribution in [0.5, 0.6) is 0 Å². The average Bonchev–Trinajstić information content (AvgIpc) is 3.68. The van der Waals surface area contributed by atoms with Gasteiger partial charge in [0, 0.05) is 0 Å². The Bertz CT molecular complexity index is 2130. The highest BCUT2D eigenvalue weighted by Gasteiger charge is 2.54. The van der Waals surface area contributed by atoms with Crippen LogP contribution in [0.2, 0.25) is 0 Å². The van der Waals surface area contributed by atoms with E-state index >= 15 is 0 Å². The Labute approximate surface area is 356 Å². The van der Waals surface area contributed by atoms with Gasteiger partial charge in [-0.2, -0.15) is 8.42 Å². The maximum atomic E-state index is 12.8. The van der Waals surface area contributed by atoms with E-state index < -0.39 is 65.5 Å². The molecule has 2 saturated heterocycles. The van der Waals surface area contributed by atoms with E-state index in [-0.39, 0.29) is 46.2 Å². The van der Waals surface area contributed by atoms with Crippen molar-refractivity contribution in [3.8, 4) is 0 Å². The van der Waals surface area contributed by atoms with Crippen LogP contribution in [-0.2, 0) is 90.3 Å². The molecule has 2 aliphatic heterocycles. The molecule has 5 aromatic carbocycles. The van der Waals surface area contributed by atoms with Gasteiger partial charge in [-0.25, -0.2) is 4.18 Å². The second-order valence-electron chi connectivity index (χ2n) is 14.7. The second-order valence-corrected chi connectivity index (χ2v) is 15.7. The van der Waals surface area contributed by atoms with Gasteiger partial charge in [-0.15, -0.1) is 0 Å². The van der Waals surface area contributed by atoms with Crippen molar-refractivity contribution in [1.82, 2.24) is 0 Å². The molecule has 0 saturated carbocycles. The SMILES string of the molecule is O=C[C@H](OCc1ccccc1)[C@H]1OC[C@@H](OCc2ccccc2)[C@@H]1O[C@@H]1O[C@H](COCc2ccccc2)[C@H](OS(=O)(=O)O)[C@H](OCc2ccccc2)[C@H]1OCc1ccccc1. The second kappa shape index (κ2) is 22.4. The first kappa shape index (κ1) is 44.4. The number of aldehydes is 1. The molecule has 5 aromatic rings. The predicted molar refractivity (Wildman–Crippen MR) is 222 cm³/mol. The third-order valence-corrected chi connectivity index (χ3v) is 10.7. The van der Waals surface area contributed by atoms with E-state index in [1.807, 2.05) is 152 Å². The molecular formula is C47H50O13S. The normalized spacial score (nSPS) is 24.6. The van der Waals surface area contributed by atoms with E-state index in [4.69, 9.17) is 42.1 Å². The Balaban J connectivity index is 1.23. The van der Waals surface area contributed by atoms with E-state index in [0.717, 1.165) is 27.8 Å². The van der Waals surface area contributed by atoms with Crippen LogP contribution in [0, 0.1) is 0 Å². The molecule has 0 unspecified atom stereocenters. The van der Waals surface area contributed by atoms with E-state index in [1.165, 1.54) is 0 Å². The largest absolute Gasteiger partial charge is 0.397 e. The van der Waals surface area contributed by atoms with Crippen LogP contribution >= 0.6 is 0 Å². The number of hydrogen-bond acceptors (Lipinski definition) is 12. The molecule has 2 heterocycles. The summed E-state index contributed by atoms with van der Waals surface area (Å²) in [5.74, 6) is 0. The smallest absolute Gasteiger partial charge is 0.374 e. The van der Waals surface area contributed by atoms with Gasteiger partial charge in [-0.05, 0) is 27.8 Å². The fourth-order valence-corrected chi connectivity index (χ4v) is 7.77. The Hall–Kier alpha value is -4.68. The van der Waals surface area contributed by atoms with Crippen molar-refractivity contribution < 1.29 is 59.8 Å². The molecule has 61 heavy (non-hydrogen) atoms. The van der Waals surface area contributed by atoms with Gasteiger partial charge in [-0.1, -0.05) is 152 Å². The maximum absolute atomic E-state index is 12.8. The molecule has 7 rings (SSSR count). The minimum atomic E-state index is -5.08. The van der Waals surface area contributed by atoms with Crippen LogP contribution < -0.4 is 0 Å². The molecule has 322 valence electrons. The number of rotatable bonds is 22. The van der Waals surface area contributed by atoms with Gasteiger partial charge >= 0.3 is 10.4 Å². The molecule has 13 nitrogen and oxygen atoms in total. The van der Waals surface area contributed by atoms with Crippen molar-refractivity contribution in [2.75, 3.05) is 13.2 Å². The predicted octanol–water partition coefficient (Wildman–Crippen LogP) is 6.44. The number of carbonyl (C=O) groups is 1. The van der Waals surface area contributed by atoms with Gasteiger partial charge in [0.1, 0.15) is 48.8 Å². The van der Waals surface area contributed by atoms with Gasteiger partial charge in [0.25, 0.3) is 0 Å². The minimum absolute atomic E-state index is 0.00483. The summed E-state index contributed by atoms with van der Waals surface area (Å²) >= 11 is 0. The highest BCUT2D eigenvalue weighted by atomic mass is 32.3. The lowest BCUT2D eigenvalue weighted by atomic mass is 9.97. The van der Waals surface area contributed by atoms with Crippen LogP contribution in [0.1, 0.15) is 27.8 Å². The molecular weight excluding hydrogens is 805 g/mol. The summed E-state index contributed by atoms with van der Waals surface area (Å²) in [6.07, 6.45) is -9.53. The maximum Gasteiger partial charge on any atom is 0.397 e.